The molecule has 4 nitrogen and oxygen atoms in total. The lowest BCUT2D eigenvalue weighted by molar-refractivity contribution is 0.192. The minimum absolute atomic E-state index is 0.0807. The zero-order valence-electron chi connectivity index (χ0n) is 11.8. The molecular formula is C16H20N2O2. The van der Waals surface area contributed by atoms with E-state index in [0.29, 0.717) is 6.04 Å². The maximum Gasteiger partial charge on any atom is 0.161 e. The Hall–Kier alpha value is -1.73. The number of para-hydroxylation sites is 2. The van der Waals surface area contributed by atoms with Gasteiger partial charge in [-0.25, -0.2) is 0 Å². The predicted molar refractivity (Wildman–Crippen MR) is 75.8 cm³/mol. The second-order valence-corrected chi connectivity index (χ2v) is 5.75. The normalized spacial score (nSPS) is 28.9. The van der Waals surface area contributed by atoms with Crippen LogP contribution < -0.4 is 14.8 Å². The zero-order chi connectivity index (χ0) is 14.0. The summed E-state index contributed by atoms with van der Waals surface area (Å²) in [5.41, 5.74) is -0.395. The molecule has 2 atom stereocenters. The van der Waals surface area contributed by atoms with Crippen molar-refractivity contribution in [2.24, 2.45) is 0 Å². The number of nitrogens with zero attached hydrogens (tertiary/aromatic N) is 1. The van der Waals surface area contributed by atoms with Crippen LogP contribution in [0, 0.1) is 11.3 Å². The van der Waals surface area contributed by atoms with Crippen LogP contribution >= 0.6 is 0 Å². The highest BCUT2D eigenvalue weighted by Crippen LogP contribution is 2.37. The van der Waals surface area contributed by atoms with Crippen molar-refractivity contribution in [2.45, 2.75) is 49.8 Å². The number of hydrogen-bond donors (Lipinski definition) is 1. The fourth-order valence-electron chi connectivity index (χ4n) is 2.88. The van der Waals surface area contributed by atoms with Gasteiger partial charge < -0.3 is 9.47 Å². The van der Waals surface area contributed by atoms with Crippen molar-refractivity contribution in [3.05, 3.63) is 24.3 Å². The van der Waals surface area contributed by atoms with E-state index in [0.717, 1.165) is 30.8 Å². The van der Waals surface area contributed by atoms with Gasteiger partial charge in [-0.2, -0.15) is 5.26 Å². The molecule has 20 heavy (non-hydrogen) atoms. The molecule has 0 radical (unpaired) electrons. The average Bonchev–Trinajstić information content (AvgIpc) is 3.20. The minimum Gasteiger partial charge on any atom is -0.493 e. The summed E-state index contributed by atoms with van der Waals surface area (Å²) in [6.07, 6.45) is 4.99. The molecule has 3 rings (SSSR count). The van der Waals surface area contributed by atoms with Crippen LogP contribution in [0.5, 0.6) is 11.5 Å². The lowest BCUT2D eigenvalue weighted by Gasteiger charge is -2.23. The Morgan fingerprint density at radius 1 is 1.25 bits per heavy atom. The smallest absolute Gasteiger partial charge is 0.161 e. The molecule has 0 amide bonds. The third kappa shape index (κ3) is 2.73. The third-order valence-corrected chi connectivity index (χ3v) is 4.10. The van der Waals surface area contributed by atoms with E-state index >= 15 is 0 Å². The first-order valence-corrected chi connectivity index (χ1v) is 7.23. The van der Waals surface area contributed by atoms with Gasteiger partial charge in [-0.15, -0.1) is 0 Å². The highest BCUT2D eigenvalue weighted by molar-refractivity contribution is 5.39. The second-order valence-electron chi connectivity index (χ2n) is 5.75. The third-order valence-electron chi connectivity index (χ3n) is 4.10. The number of hydrogen-bond acceptors (Lipinski definition) is 4. The zero-order valence-corrected chi connectivity index (χ0v) is 11.8. The molecule has 2 aliphatic rings. The monoisotopic (exact) mass is 272 g/mol. The molecule has 0 aliphatic heterocycles. The molecule has 0 heterocycles. The van der Waals surface area contributed by atoms with Gasteiger partial charge in [0.15, 0.2) is 11.5 Å². The first-order valence-electron chi connectivity index (χ1n) is 7.23. The van der Waals surface area contributed by atoms with Gasteiger partial charge >= 0.3 is 0 Å². The molecule has 2 fully saturated rings. The van der Waals surface area contributed by atoms with Crippen molar-refractivity contribution in [2.75, 3.05) is 7.11 Å². The minimum atomic E-state index is -0.395. The van der Waals surface area contributed by atoms with E-state index in [-0.39, 0.29) is 6.10 Å². The molecule has 2 unspecified atom stereocenters. The van der Waals surface area contributed by atoms with Crippen LogP contribution in [0.25, 0.3) is 0 Å². The first kappa shape index (κ1) is 13.3. The van der Waals surface area contributed by atoms with Gasteiger partial charge in [-0.05, 0) is 37.8 Å². The molecule has 0 saturated heterocycles. The topological polar surface area (TPSA) is 54.3 Å². The summed E-state index contributed by atoms with van der Waals surface area (Å²) < 4.78 is 11.3. The lowest BCUT2D eigenvalue weighted by Crippen LogP contribution is -2.43. The molecule has 0 spiro atoms. The average molecular weight is 272 g/mol. The largest absolute Gasteiger partial charge is 0.493 e. The van der Waals surface area contributed by atoms with E-state index in [2.05, 4.69) is 11.4 Å². The number of methoxy groups -OCH3 is 1. The van der Waals surface area contributed by atoms with Gasteiger partial charge in [0.05, 0.1) is 13.2 Å². The van der Waals surface area contributed by atoms with E-state index in [1.807, 2.05) is 24.3 Å². The first-order chi connectivity index (χ1) is 9.74. The number of benzene rings is 1. The van der Waals surface area contributed by atoms with Crippen LogP contribution in [0.1, 0.15) is 32.1 Å². The van der Waals surface area contributed by atoms with E-state index in [4.69, 9.17) is 9.47 Å². The molecule has 4 heteroatoms. The van der Waals surface area contributed by atoms with Crippen LogP contribution in [0.3, 0.4) is 0 Å². The van der Waals surface area contributed by atoms with Crippen molar-refractivity contribution < 1.29 is 9.47 Å². The van der Waals surface area contributed by atoms with Crippen LogP contribution in [-0.2, 0) is 0 Å². The summed E-state index contributed by atoms with van der Waals surface area (Å²) in [5, 5.41) is 13.0. The molecule has 1 aromatic carbocycles. The molecule has 2 aliphatic carbocycles. The van der Waals surface area contributed by atoms with Crippen molar-refractivity contribution in [3.8, 4) is 17.6 Å². The SMILES string of the molecule is COc1ccccc1OC1CCC(C#N)(NC2CC2)C1. The molecule has 1 N–H and O–H groups in total. The number of nitrogens with one attached hydrogen (secondary N) is 1. The lowest BCUT2D eigenvalue weighted by atomic mass is 9.99. The second kappa shape index (κ2) is 5.34. The summed E-state index contributed by atoms with van der Waals surface area (Å²) in [6.45, 7) is 0. The highest BCUT2D eigenvalue weighted by Gasteiger charge is 2.43. The van der Waals surface area contributed by atoms with E-state index in [1.165, 1.54) is 12.8 Å². The Bertz CT molecular complexity index is 521. The van der Waals surface area contributed by atoms with Gasteiger partial charge in [-0.3, -0.25) is 5.32 Å². The van der Waals surface area contributed by atoms with Crippen LogP contribution in [-0.4, -0.2) is 24.8 Å². The Balaban J connectivity index is 1.66. The van der Waals surface area contributed by atoms with Gasteiger partial charge in [0, 0.05) is 12.5 Å². The van der Waals surface area contributed by atoms with Crippen LogP contribution in [0.4, 0.5) is 0 Å². The number of ether oxygens (including phenoxy) is 2. The molecule has 2 saturated carbocycles. The van der Waals surface area contributed by atoms with Gasteiger partial charge in [-0.1, -0.05) is 12.1 Å². The number of nitriles is 1. The predicted octanol–water partition coefficient (Wildman–Crippen LogP) is 2.64. The Morgan fingerprint density at radius 2 is 2.00 bits per heavy atom. The van der Waals surface area contributed by atoms with Crippen molar-refractivity contribution in [3.63, 3.8) is 0 Å². The van der Waals surface area contributed by atoms with E-state index in [1.54, 1.807) is 7.11 Å². The van der Waals surface area contributed by atoms with Crippen LogP contribution in [0.2, 0.25) is 0 Å². The van der Waals surface area contributed by atoms with Gasteiger partial charge in [0.1, 0.15) is 11.6 Å². The highest BCUT2D eigenvalue weighted by atomic mass is 16.5. The Labute approximate surface area is 119 Å². The summed E-state index contributed by atoms with van der Waals surface area (Å²) in [6, 6.07) is 10.7. The fourth-order valence-corrected chi connectivity index (χ4v) is 2.88. The molecule has 0 bridgehead atoms. The fraction of sp³-hybridized carbons (Fsp3) is 0.562. The molecule has 1 aromatic rings. The quantitative estimate of drug-likeness (QED) is 0.895. The van der Waals surface area contributed by atoms with Gasteiger partial charge in [0.25, 0.3) is 0 Å². The molecule has 0 aromatic heterocycles. The van der Waals surface area contributed by atoms with E-state index in [9.17, 15) is 5.26 Å². The summed E-state index contributed by atoms with van der Waals surface area (Å²) in [4.78, 5) is 0. The van der Waals surface area contributed by atoms with Crippen molar-refractivity contribution in [1.82, 2.24) is 5.32 Å². The maximum atomic E-state index is 9.49. The van der Waals surface area contributed by atoms with E-state index < -0.39 is 5.54 Å². The summed E-state index contributed by atoms with van der Waals surface area (Å²) >= 11 is 0. The number of rotatable bonds is 5. The van der Waals surface area contributed by atoms with Crippen molar-refractivity contribution >= 4 is 0 Å². The van der Waals surface area contributed by atoms with Crippen LogP contribution in [0.15, 0.2) is 24.3 Å². The Morgan fingerprint density at radius 3 is 2.65 bits per heavy atom. The maximum absolute atomic E-state index is 9.49. The van der Waals surface area contributed by atoms with Gasteiger partial charge in [0.2, 0.25) is 0 Å². The summed E-state index contributed by atoms with van der Waals surface area (Å²) in [5.74, 6) is 1.51. The standard InChI is InChI=1S/C16H20N2O2/c1-19-14-4-2-3-5-15(14)20-13-8-9-16(10-13,11-17)18-12-6-7-12/h2-5,12-13,18H,6-10H2,1H3. The summed E-state index contributed by atoms with van der Waals surface area (Å²) in [7, 11) is 1.64. The molecule has 106 valence electrons. The Kier molecular flexibility index (Phi) is 3.54. The molecular weight excluding hydrogens is 252 g/mol. The van der Waals surface area contributed by atoms with Crippen molar-refractivity contribution in [1.29, 1.82) is 5.26 Å².